The molecule has 24 heavy (non-hydrogen) atoms. The molecule has 2 heterocycles. The first-order valence-electron chi connectivity index (χ1n) is 8.88. The molecule has 2 saturated heterocycles. The van der Waals surface area contributed by atoms with E-state index in [9.17, 15) is 9.59 Å². The van der Waals surface area contributed by atoms with Gasteiger partial charge in [0.1, 0.15) is 6.04 Å². The van der Waals surface area contributed by atoms with Crippen LogP contribution in [0.15, 0.2) is 30.3 Å². The molecule has 2 amide bonds. The van der Waals surface area contributed by atoms with Gasteiger partial charge in [-0.05, 0) is 31.7 Å². The maximum Gasteiger partial charge on any atom is 0.245 e. The number of carbonyl (C=O) groups excluding carboxylic acids is 2. The van der Waals surface area contributed by atoms with E-state index in [1.807, 2.05) is 42.2 Å². The molecule has 3 rings (SSSR count). The van der Waals surface area contributed by atoms with Gasteiger partial charge in [-0.3, -0.25) is 9.59 Å². The lowest BCUT2D eigenvalue weighted by Gasteiger charge is -2.41. The van der Waals surface area contributed by atoms with Crippen LogP contribution in [0.3, 0.4) is 0 Å². The Morgan fingerprint density at radius 1 is 1.29 bits per heavy atom. The summed E-state index contributed by atoms with van der Waals surface area (Å²) in [6.07, 6.45) is 3.21. The summed E-state index contributed by atoms with van der Waals surface area (Å²) in [6, 6.07) is 9.92. The van der Waals surface area contributed by atoms with Gasteiger partial charge in [-0.1, -0.05) is 30.3 Å². The highest BCUT2D eigenvalue weighted by atomic mass is 16.5. The van der Waals surface area contributed by atoms with Crippen LogP contribution in [0.4, 0.5) is 0 Å². The Balaban J connectivity index is 1.41. The van der Waals surface area contributed by atoms with Crippen molar-refractivity contribution in [2.75, 3.05) is 19.7 Å². The van der Waals surface area contributed by atoms with Crippen LogP contribution in [0.1, 0.15) is 38.2 Å². The predicted octanol–water partition coefficient (Wildman–Crippen LogP) is 2.21. The van der Waals surface area contributed by atoms with Crippen molar-refractivity contribution in [2.45, 2.75) is 51.3 Å². The molecule has 0 saturated carbocycles. The molecular formula is C19H26N2O3. The number of hydrogen-bond acceptors (Lipinski definition) is 3. The summed E-state index contributed by atoms with van der Waals surface area (Å²) in [6.45, 7) is 4.53. The summed E-state index contributed by atoms with van der Waals surface area (Å²) in [4.78, 5) is 28.6. The van der Waals surface area contributed by atoms with E-state index >= 15 is 0 Å². The maximum absolute atomic E-state index is 12.5. The molecule has 2 atom stereocenters. The first-order chi connectivity index (χ1) is 11.7. The lowest BCUT2D eigenvalue weighted by Crippen LogP contribution is -2.60. The molecule has 5 heteroatoms. The fourth-order valence-electron chi connectivity index (χ4n) is 3.63. The van der Waals surface area contributed by atoms with Crippen molar-refractivity contribution < 1.29 is 14.3 Å². The Bertz CT molecular complexity index is 575. The topological polar surface area (TPSA) is 49.9 Å². The molecule has 0 radical (unpaired) electrons. The van der Waals surface area contributed by atoms with E-state index in [1.165, 1.54) is 0 Å². The summed E-state index contributed by atoms with van der Waals surface area (Å²) in [5.74, 6) is 0.183. The van der Waals surface area contributed by atoms with Crippen LogP contribution in [0.5, 0.6) is 0 Å². The summed E-state index contributed by atoms with van der Waals surface area (Å²) < 4.78 is 5.63. The second-order valence-electron chi connectivity index (χ2n) is 6.69. The number of rotatable bonds is 6. The highest BCUT2D eigenvalue weighted by molar-refractivity contribution is 5.89. The molecule has 1 aromatic carbocycles. The highest BCUT2D eigenvalue weighted by Gasteiger charge is 2.41. The van der Waals surface area contributed by atoms with E-state index in [1.54, 1.807) is 4.90 Å². The van der Waals surface area contributed by atoms with Crippen LogP contribution in [-0.2, 0) is 20.9 Å². The van der Waals surface area contributed by atoms with Gasteiger partial charge >= 0.3 is 0 Å². The van der Waals surface area contributed by atoms with Crippen molar-refractivity contribution in [3.63, 3.8) is 0 Å². The number of ether oxygens (including phenoxy) is 1. The minimum atomic E-state index is -0.322. The third-order valence-corrected chi connectivity index (χ3v) is 5.00. The van der Waals surface area contributed by atoms with Crippen LogP contribution in [-0.4, -0.2) is 53.4 Å². The standard InChI is InChI=1S/C19H26N2O3/c1-15-19(23)20-11-5-9-17(20)13-21(15)18(22)10-6-12-24-14-16-7-3-2-4-8-16/h2-4,7-8,15,17H,5-6,9-14H2,1H3/t15-,17-/m0/s1. The third kappa shape index (κ3) is 3.78. The zero-order chi connectivity index (χ0) is 16.9. The van der Waals surface area contributed by atoms with Crippen molar-refractivity contribution in [1.82, 2.24) is 9.80 Å². The molecule has 0 aromatic heterocycles. The second-order valence-corrected chi connectivity index (χ2v) is 6.69. The molecule has 130 valence electrons. The van der Waals surface area contributed by atoms with Gasteiger partial charge < -0.3 is 14.5 Å². The van der Waals surface area contributed by atoms with Crippen LogP contribution < -0.4 is 0 Å². The number of piperazine rings is 1. The Kier molecular flexibility index (Phi) is 5.51. The van der Waals surface area contributed by atoms with Gasteiger partial charge in [0.25, 0.3) is 0 Å². The van der Waals surface area contributed by atoms with Gasteiger partial charge in [0.15, 0.2) is 0 Å². The molecule has 5 nitrogen and oxygen atoms in total. The molecule has 0 bridgehead atoms. The minimum absolute atomic E-state index is 0.0747. The first-order valence-corrected chi connectivity index (χ1v) is 8.88. The lowest BCUT2D eigenvalue weighted by molar-refractivity contribution is -0.152. The summed E-state index contributed by atoms with van der Waals surface area (Å²) in [7, 11) is 0. The number of benzene rings is 1. The average Bonchev–Trinajstić information content (AvgIpc) is 3.07. The van der Waals surface area contributed by atoms with Crippen molar-refractivity contribution in [1.29, 1.82) is 0 Å². The predicted molar refractivity (Wildman–Crippen MR) is 91.2 cm³/mol. The maximum atomic E-state index is 12.5. The molecule has 2 fully saturated rings. The van der Waals surface area contributed by atoms with E-state index in [0.717, 1.165) is 24.9 Å². The molecule has 0 spiro atoms. The van der Waals surface area contributed by atoms with Crippen LogP contribution in [0, 0.1) is 0 Å². The summed E-state index contributed by atoms with van der Waals surface area (Å²) in [5, 5.41) is 0. The number of amides is 2. The van der Waals surface area contributed by atoms with Crippen LogP contribution in [0.2, 0.25) is 0 Å². The SMILES string of the molecule is C[C@H]1C(=O)N2CCC[C@H]2CN1C(=O)CCCOCc1ccccc1. The third-order valence-electron chi connectivity index (χ3n) is 5.00. The van der Waals surface area contributed by atoms with E-state index in [-0.39, 0.29) is 23.9 Å². The van der Waals surface area contributed by atoms with Gasteiger partial charge in [0.2, 0.25) is 11.8 Å². The summed E-state index contributed by atoms with van der Waals surface area (Å²) in [5.41, 5.74) is 1.14. The minimum Gasteiger partial charge on any atom is -0.377 e. The van der Waals surface area contributed by atoms with E-state index in [2.05, 4.69) is 0 Å². The van der Waals surface area contributed by atoms with Crippen molar-refractivity contribution in [2.24, 2.45) is 0 Å². The molecule has 0 N–H and O–H groups in total. The Labute approximate surface area is 143 Å². The fraction of sp³-hybridized carbons (Fsp3) is 0.579. The van der Waals surface area contributed by atoms with E-state index in [0.29, 0.717) is 32.6 Å². The zero-order valence-corrected chi connectivity index (χ0v) is 14.3. The van der Waals surface area contributed by atoms with Gasteiger partial charge in [0, 0.05) is 32.2 Å². The zero-order valence-electron chi connectivity index (χ0n) is 14.3. The summed E-state index contributed by atoms with van der Waals surface area (Å²) >= 11 is 0. The molecule has 1 aromatic rings. The van der Waals surface area contributed by atoms with E-state index in [4.69, 9.17) is 4.74 Å². The van der Waals surface area contributed by atoms with Crippen molar-refractivity contribution in [3.8, 4) is 0 Å². The fourth-order valence-corrected chi connectivity index (χ4v) is 3.63. The van der Waals surface area contributed by atoms with Crippen LogP contribution >= 0.6 is 0 Å². The lowest BCUT2D eigenvalue weighted by atomic mass is 10.1. The molecular weight excluding hydrogens is 304 g/mol. The Morgan fingerprint density at radius 2 is 2.08 bits per heavy atom. The largest absolute Gasteiger partial charge is 0.377 e. The smallest absolute Gasteiger partial charge is 0.245 e. The monoisotopic (exact) mass is 330 g/mol. The highest BCUT2D eigenvalue weighted by Crippen LogP contribution is 2.26. The quantitative estimate of drug-likeness (QED) is 0.752. The normalized spacial score (nSPS) is 23.5. The van der Waals surface area contributed by atoms with Crippen LogP contribution in [0.25, 0.3) is 0 Å². The Morgan fingerprint density at radius 3 is 2.88 bits per heavy atom. The second kappa shape index (κ2) is 7.79. The van der Waals surface area contributed by atoms with Gasteiger partial charge in [-0.25, -0.2) is 0 Å². The van der Waals surface area contributed by atoms with Gasteiger partial charge in [0.05, 0.1) is 6.61 Å². The number of nitrogens with zero attached hydrogens (tertiary/aromatic N) is 2. The molecule has 0 unspecified atom stereocenters. The van der Waals surface area contributed by atoms with Gasteiger partial charge in [-0.2, -0.15) is 0 Å². The van der Waals surface area contributed by atoms with E-state index < -0.39 is 0 Å². The molecule has 2 aliphatic heterocycles. The average molecular weight is 330 g/mol. The first kappa shape index (κ1) is 17.0. The van der Waals surface area contributed by atoms with Crippen molar-refractivity contribution >= 4 is 11.8 Å². The molecule has 0 aliphatic carbocycles. The number of fused-ring (bicyclic) bond motifs is 1. The van der Waals surface area contributed by atoms with Crippen molar-refractivity contribution in [3.05, 3.63) is 35.9 Å². The number of carbonyl (C=O) groups is 2. The number of hydrogen-bond donors (Lipinski definition) is 0. The Hall–Kier alpha value is -1.88. The van der Waals surface area contributed by atoms with Gasteiger partial charge in [-0.15, -0.1) is 0 Å². The molecule has 2 aliphatic rings.